The molecule has 4 N–H and O–H groups in total. The average molecular weight is 556 g/mol. The van der Waals surface area contributed by atoms with Crippen molar-refractivity contribution in [2.24, 2.45) is 0 Å². The number of aromatic nitrogens is 5. The van der Waals surface area contributed by atoms with Crippen molar-refractivity contribution in [1.29, 1.82) is 0 Å². The highest BCUT2D eigenvalue weighted by molar-refractivity contribution is 6.32. The maximum atomic E-state index is 15.0. The van der Waals surface area contributed by atoms with Gasteiger partial charge < -0.3 is 15.6 Å². The van der Waals surface area contributed by atoms with Gasteiger partial charge in [0.25, 0.3) is 11.1 Å². The first-order chi connectivity index (χ1) is 17.9. The highest BCUT2D eigenvalue weighted by Gasteiger charge is 2.37. The van der Waals surface area contributed by atoms with Crippen LogP contribution in [0.25, 0.3) is 22.2 Å². The normalized spacial score (nSPS) is 12.6. The first-order valence-electron chi connectivity index (χ1n) is 11.1. The van der Waals surface area contributed by atoms with E-state index in [2.05, 4.69) is 20.4 Å². The SMILES string of the molecule is C[C@@H](CCCn1ccc2cc(-c3ncc(Cl)c(N)n3)c(F)c(F)c2c1=O)Nc1cn[nH]c(=O)c1C(F)(F)F. The van der Waals surface area contributed by atoms with E-state index in [4.69, 9.17) is 17.3 Å². The first kappa shape index (κ1) is 27.0. The number of benzene rings is 1. The molecule has 9 nitrogen and oxygen atoms in total. The van der Waals surface area contributed by atoms with Crippen LogP contribution in [0.2, 0.25) is 5.02 Å². The second-order valence-corrected chi connectivity index (χ2v) is 8.84. The monoisotopic (exact) mass is 555 g/mol. The van der Waals surface area contributed by atoms with Gasteiger partial charge in [-0.05, 0) is 37.3 Å². The summed E-state index contributed by atoms with van der Waals surface area (Å²) in [6.07, 6.45) is -0.919. The summed E-state index contributed by atoms with van der Waals surface area (Å²) >= 11 is 5.78. The molecule has 0 saturated heterocycles. The molecule has 3 aromatic heterocycles. The van der Waals surface area contributed by atoms with E-state index in [-0.39, 0.29) is 47.0 Å². The van der Waals surface area contributed by atoms with Crippen LogP contribution < -0.4 is 22.2 Å². The predicted molar refractivity (Wildman–Crippen MR) is 131 cm³/mol. The molecule has 4 rings (SSSR count). The van der Waals surface area contributed by atoms with Crippen molar-refractivity contribution in [2.75, 3.05) is 11.1 Å². The van der Waals surface area contributed by atoms with Crippen molar-refractivity contribution in [2.45, 2.75) is 38.5 Å². The summed E-state index contributed by atoms with van der Waals surface area (Å²) in [6.45, 7) is 1.66. The molecule has 3 heterocycles. The summed E-state index contributed by atoms with van der Waals surface area (Å²) in [5, 5.41) is 7.42. The number of rotatable bonds is 7. The number of nitrogen functional groups attached to an aromatic ring is 1. The van der Waals surface area contributed by atoms with Crippen LogP contribution in [-0.2, 0) is 12.7 Å². The van der Waals surface area contributed by atoms with Crippen LogP contribution in [0.1, 0.15) is 25.3 Å². The Morgan fingerprint density at radius 3 is 2.63 bits per heavy atom. The van der Waals surface area contributed by atoms with E-state index in [0.717, 1.165) is 12.4 Å². The molecule has 0 aliphatic carbocycles. The molecule has 1 atom stereocenters. The third kappa shape index (κ3) is 5.30. The Kier molecular flexibility index (Phi) is 7.35. The van der Waals surface area contributed by atoms with E-state index in [9.17, 15) is 31.5 Å². The summed E-state index contributed by atoms with van der Waals surface area (Å²) in [6, 6.07) is 2.10. The number of hydrogen-bond donors (Lipinski definition) is 3. The zero-order chi connectivity index (χ0) is 27.8. The van der Waals surface area contributed by atoms with Crippen LogP contribution in [0.4, 0.5) is 33.5 Å². The third-order valence-corrected chi connectivity index (χ3v) is 6.03. The maximum Gasteiger partial charge on any atom is 0.423 e. The lowest BCUT2D eigenvalue weighted by atomic mass is 10.1. The molecule has 0 bridgehead atoms. The number of fused-ring (bicyclic) bond motifs is 1. The topological polar surface area (TPSA) is 132 Å². The Morgan fingerprint density at radius 2 is 1.95 bits per heavy atom. The Morgan fingerprint density at radius 1 is 1.21 bits per heavy atom. The quantitative estimate of drug-likeness (QED) is 0.289. The summed E-state index contributed by atoms with van der Waals surface area (Å²) in [5.74, 6) is -3.05. The van der Waals surface area contributed by atoms with Gasteiger partial charge in [-0.15, -0.1) is 0 Å². The second-order valence-electron chi connectivity index (χ2n) is 8.43. The molecule has 0 aliphatic heterocycles. The molecular formula is C23H19ClF5N7O2. The number of hydrogen-bond acceptors (Lipinski definition) is 7. The van der Waals surface area contributed by atoms with Gasteiger partial charge in [-0.2, -0.15) is 18.3 Å². The molecule has 200 valence electrons. The van der Waals surface area contributed by atoms with Crippen molar-refractivity contribution < 1.29 is 22.0 Å². The van der Waals surface area contributed by atoms with E-state index in [1.807, 2.05) is 0 Å². The van der Waals surface area contributed by atoms with Gasteiger partial charge in [0, 0.05) is 18.8 Å². The smallest absolute Gasteiger partial charge is 0.382 e. The first-order valence-corrected chi connectivity index (χ1v) is 11.5. The molecule has 0 radical (unpaired) electrons. The summed E-state index contributed by atoms with van der Waals surface area (Å²) in [4.78, 5) is 32.2. The Labute approximate surface area is 215 Å². The number of nitrogens with one attached hydrogen (secondary N) is 2. The Hall–Kier alpha value is -4.07. The van der Waals surface area contributed by atoms with Crippen LogP contribution in [0.15, 0.2) is 40.3 Å². The molecule has 0 fully saturated rings. The summed E-state index contributed by atoms with van der Waals surface area (Å²) in [7, 11) is 0. The molecule has 0 saturated carbocycles. The average Bonchev–Trinajstić information content (AvgIpc) is 2.83. The molecular weight excluding hydrogens is 537 g/mol. The number of pyridine rings is 1. The third-order valence-electron chi connectivity index (χ3n) is 5.74. The molecule has 38 heavy (non-hydrogen) atoms. The van der Waals surface area contributed by atoms with E-state index in [1.165, 1.54) is 22.9 Å². The zero-order valence-corrected chi connectivity index (χ0v) is 20.3. The summed E-state index contributed by atoms with van der Waals surface area (Å²) < 4.78 is 70.7. The van der Waals surface area contributed by atoms with Crippen molar-refractivity contribution in [3.63, 3.8) is 0 Å². The lowest BCUT2D eigenvalue weighted by molar-refractivity contribution is -0.138. The van der Waals surface area contributed by atoms with Gasteiger partial charge >= 0.3 is 6.18 Å². The van der Waals surface area contributed by atoms with Crippen LogP contribution >= 0.6 is 11.6 Å². The fourth-order valence-corrected chi connectivity index (χ4v) is 4.01. The lowest BCUT2D eigenvalue weighted by Gasteiger charge is -2.18. The molecule has 4 aromatic rings. The molecule has 15 heteroatoms. The fourth-order valence-electron chi connectivity index (χ4n) is 3.92. The minimum atomic E-state index is -4.89. The second kappa shape index (κ2) is 10.4. The number of anilines is 2. The van der Waals surface area contributed by atoms with Crippen LogP contribution in [-0.4, -0.2) is 30.8 Å². The number of nitrogens with zero attached hydrogens (tertiary/aromatic N) is 4. The van der Waals surface area contributed by atoms with Crippen LogP contribution in [0.3, 0.4) is 0 Å². The molecule has 0 aliphatic rings. The van der Waals surface area contributed by atoms with Gasteiger partial charge in [-0.1, -0.05) is 11.6 Å². The molecule has 1 aromatic carbocycles. The number of aryl methyl sites for hydroxylation is 1. The highest BCUT2D eigenvalue weighted by atomic mass is 35.5. The summed E-state index contributed by atoms with van der Waals surface area (Å²) in [5.41, 5.74) is 1.28. The van der Waals surface area contributed by atoms with Gasteiger partial charge in [0.2, 0.25) is 0 Å². The Balaban J connectivity index is 1.53. The van der Waals surface area contributed by atoms with E-state index >= 15 is 0 Å². The van der Waals surface area contributed by atoms with E-state index in [1.54, 1.807) is 12.0 Å². The predicted octanol–water partition coefficient (Wildman–Crippen LogP) is 4.36. The number of alkyl halides is 3. The largest absolute Gasteiger partial charge is 0.423 e. The van der Waals surface area contributed by atoms with E-state index in [0.29, 0.717) is 0 Å². The number of halogens is 6. The van der Waals surface area contributed by atoms with E-state index < -0.39 is 51.6 Å². The maximum absolute atomic E-state index is 15.0. The fraction of sp³-hybridized carbons (Fsp3) is 0.261. The van der Waals surface area contributed by atoms with Crippen molar-refractivity contribution >= 4 is 33.9 Å². The van der Waals surface area contributed by atoms with Gasteiger partial charge in [-0.3, -0.25) is 9.59 Å². The molecule has 0 spiro atoms. The highest BCUT2D eigenvalue weighted by Crippen LogP contribution is 2.32. The van der Waals surface area contributed by atoms with Crippen molar-refractivity contribution in [1.82, 2.24) is 24.7 Å². The van der Waals surface area contributed by atoms with Crippen molar-refractivity contribution in [3.05, 3.63) is 73.7 Å². The standard InChI is InChI=1S/C23H19ClF5N7O2/c1-10(33-14-9-32-35-21(37)16(14)23(27,28)29)3-2-5-36-6-4-11-7-12(17(25)18(26)15(11)22(36)38)20-31-8-13(24)19(30)34-20/h4,6-10H,2-3,5H2,1H3,(H2,30,31,34)(H2,33,35,37)/t10-/m0/s1. The minimum Gasteiger partial charge on any atom is -0.382 e. The Bertz CT molecular complexity index is 1640. The van der Waals surface area contributed by atoms with Gasteiger partial charge in [0.05, 0.1) is 29.0 Å². The lowest BCUT2D eigenvalue weighted by Crippen LogP contribution is -2.27. The number of H-pyrrole nitrogens is 1. The van der Waals surface area contributed by atoms with Gasteiger partial charge in [0.15, 0.2) is 17.5 Å². The van der Waals surface area contributed by atoms with Crippen LogP contribution in [0.5, 0.6) is 0 Å². The number of aromatic amines is 1. The molecule has 0 unspecified atom stereocenters. The van der Waals surface area contributed by atoms with Crippen molar-refractivity contribution in [3.8, 4) is 11.4 Å². The zero-order valence-electron chi connectivity index (χ0n) is 19.5. The van der Waals surface area contributed by atoms with Gasteiger partial charge in [-0.25, -0.2) is 23.8 Å². The number of nitrogens with two attached hydrogens (primary N) is 1. The molecule has 0 amide bonds. The van der Waals surface area contributed by atoms with Gasteiger partial charge in [0.1, 0.15) is 16.4 Å². The minimum absolute atomic E-state index is 0.0395. The van der Waals surface area contributed by atoms with Crippen LogP contribution in [0, 0.1) is 11.6 Å².